The molecule has 1 heterocycles. The number of thioether (sulfide) groups is 1. The van der Waals surface area contributed by atoms with Crippen molar-refractivity contribution in [1.29, 1.82) is 0 Å². The summed E-state index contributed by atoms with van der Waals surface area (Å²) in [6, 6.07) is 8.05. The van der Waals surface area contributed by atoms with E-state index in [2.05, 4.69) is 16.3 Å². The van der Waals surface area contributed by atoms with Crippen molar-refractivity contribution in [3.63, 3.8) is 0 Å². The van der Waals surface area contributed by atoms with Gasteiger partial charge in [-0.25, -0.2) is 0 Å². The summed E-state index contributed by atoms with van der Waals surface area (Å²) in [4.78, 5) is 10.5. The van der Waals surface area contributed by atoms with Crippen LogP contribution in [0.4, 0.5) is 0 Å². The zero-order valence-corrected chi connectivity index (χ0v) is 11.6. The van der Waals surface area contributed by atoms with Gasteiger partial charge in [0, 0.05) is 11.4 Å². The summed E-state index contributed by atoms with van der Waals surface area (Å²) >= 11 is 1.41. The highest BCUT2D eigenvalue weighted by Crippen LogP contribution is 2.22. The molecule has 0 aliphatic rings. The van der Waals surface area contributed by atoms with E-state index in [4.69, 9.17) is 5.11 Å². The van der Waals surface area contributed by atoms with E-state index in [9.17, 15) is 4.79 Å². The van der Waals surface area contributed by atoms with Gasteiger partial charge < -0.3 is 5.11 Å². The van der Waals surface area contributed by atoms with Crippen molar-refractivity contribution < 1.29 is 9.90 Å². The molecule has 6 heteroatoms. The number of carboxylic acids is 1. The first-order valence-electron chi connectivity index (χ1n) is 5.91. The predicted molar refractivity (Wildman–Crippen MR) is 73.8 cm³/mol. The topological polar surface area (TPSA) is 68.0 Å². The Labute approximate surface area is 115 Å². The summed E-state index contributed by atoms with van der Waals surface area (Å²) in [5.41, 5.74) is 2.16. The molecule has 0 unspecified atom stereocenters. The van der Waals surface area contributed by atoms with Crippen LogP contribution < -0.4 is 0 Å². The molecule has 0 bridgehead atoms. The number of rotatable bonds is 5. The van der Waals surface area contributed by atoms with Gasteiger partial charge >= 0.3 is 5.97 Å². The van der Waals surface area contributed by atoms with Gasteiger partial charge in [0.05, 0.1) is 6.42 Å². The third kappa shape index (κ3) is 3.35. The molecule has 0 fully saturated rings. The van der Waals surface area contributed by atoms with Crippen LogP contribution in [0.25, 0.3) is 5.69 Å². The summed E-state index contributed by atoms with van der Waals surface area (Å²) in [5.74, 6) is 0.480. The zero-order valence-electron chi connectivity index (χ0n) is 10.8. The SMILES string of the molecule is Cc1cccc(-n2c(C)nnc2SCCC(=O)O)c1. The minimum Gasteiger partial charge on any atom is -0.481 e. The number of carboxylic acid groups (broad SMARTS) is 1. The summed E-state index contributed by atoms with van der Waals surface area (Å²) in [7, 11) is 0. The first kappa shape index (κ1) is 13.6. The van der Waals surface area contributed by atoms with E-state index in [1.54, 1.807) is 0 Å². The average Bonchev–Trinajstić information content (AvgIpc) is 2.70. The highest BCUT2D eigenvalue weighted by atomic mass is 32.2. The highest BCUT2D eigenvalue weighted by Gasteiger charge is 2.11. The molecule has 19 heavy (non-hydrogen) atoms. The molecule has 0 radical (unpaired) electrons. The Kier molecular flexibility index (Phi) is 4.21. The third-order valence-electron chi connectivity index (χ3n) is 2.60. The van der Waals surface area contributed by atoms with E-state index in [1.807, 2.05) is 36.6 Å². The van der Waals surface area contributed by atoms with E-state index < -0.39 is 5.97 Å². The molecule has 1 N–H and O–H groups in total. The molecule has 0 atom stereocenters. The second-order valence-corrected chi connectivity index (χ2v) is 5.26. The Morgan fingerprint density at radius 3 is 2.84 bits per heavy atom. The lowest BCUT2D eigenvalue weighted by atomic mass is 10.2. The maximum Gasteiger partial charge on any atom is 0.304 e. The number of nitrogens with zero attached hydrogens (tertiary/aromatic N) is 3. The summed E-state index contributed by atoms with van der Waals surface area (Å²) in [6.07, 6.45) is 0.115. The lowest BCUT2D eigenvalue weighted by Gasteiger charge is -2.08. The van der Waals surface area contributed by atoms with Crippen LogP contribution in [0.2, 0.25) is 0 Å². The number of aliphatic carboxylic acids is 1. The van der Waals surface area contributed by atoms with E-state index in [0.29, 0.717) is 5.75 Å². The smallest absolute Gasteiger partial charge is 0.304 e. The van der Waals surface area contributed by atoms with Crippen molar-refractivity contribution in [1.82, 2.24) is 14.8 Å². The monoisotopic (exact) mass is 277 g/mol. The van der Waals surface area contributed by atoms with Crippen LogP contribution in [0.1, 0.15) is 17.8 Å². The number of hydrogen-bond acceptors (Lipinski definition) is 4. The van der Waals surface area contributed by atoms with E-state index >= 15 is 0 Å². The van der Waals surface area contributed by atoms with Gasteiger partial charge in [-0.15, -0.1) is 10.2 Å². The van der Waals surface area contributed by atoms with Crippen molar-refractivity contribution in [2.45, 2.75) is 25.4 Å². The molecule has 2 aromatic rings. The molecule has 0 aliphatic heterocycles. The molecule has 1 aromatic carbocycles. The zero-order chi connectivity index (χ0) is 13.8. The second kappa shape index (κ2) is 5.88. The average molecular weight is 277 g/mol. The fourth-order valence-electron chi connectivity index (χ4n) is 1.73. The van der Waals surface area contributed by atoms with Gasteiger partial charge in [0.25, 0.3) is 0 Å². The van der Waals surface area contributed by atoms with E-state index in [-0.39, 0.29) is 6.42 Å². The van der Waals surface area contributed by atoms with Crippen LogP contribution in [0, 0.1) is 13.8 Å². The second-order valence-electron chi connectivity index (χ2n) is 4.20. The van der Waals surface area contributed by atoms with Crippen molar-refractivity contribution in [2.24, 2.45) is 0 Å². The first-order chi connectivity index (χ1) is 9.08. The van der Waals surface area contributed by atoms with Crippen LogP contribution in [0.3, 0.4) is 0 Å². The normalized spacial score (nSPS) is 10.6. The highest BCUT2D eigenvalue weighted by molar-refractivity contribution is 7.99. The molecule has 0 aliphatic carbocycles. The fraction of sp³-hybridized carbons (Fsp3) is 0.308. The minimum absolute atomic E-state index is 0.115. The van der Waals surface area contributed by atoms with Gasteiger partial charge in [-0.05, 0) is 31.5 Å². The van der Waals surface area contributed by atoms with Crippen LogP contribution in [0.15, 0.2) is 29.4 Å². The molecule has 1 aromatic heterocycles. The fourth-order valence-corrected chi connectivity index (χ4v) is 2.65. The Balaban J connectivity index is 2.25. The van der Waals surface area contributed by atoms with Crippen molar-refractivity contribution in [3.8, 4) is 5.69 Å². The number of carbonyl (C=O) groups is 1. The first-order valence-corrected chi connectivity index (χ1v) is 6.90. The van der Waals surface area contributed by atoms with Crippen molar-refractivity contribution in [3.05, 3.63) is 35.7 Å². The molecule has 100 valence electrons. The summed E-state index contributed by atoms with van der Waals surface area (Å²) in [5, 5.41) is 17.6. The summed E-state index contributed by atoms with van der Waals surface area (Å²) < 4.78 is 1.94. The molecule has 0 amide bonds. The molecule has 0 saturated carbocycles. The largest absolute Gasteiger partial charge is 0.481 e. The molecular weight excluding hydrogens is 262 g/mol. The quantitative estimate of drug-likeness (QED) is 0.850. The Morgan fingerprint density at radius 2 is 2.16 bits per heavy atom. The van der Waals surface area contributed by atoms with Gasteiger partial charge in [0.15, 0.2) is 5.16 Å². The van der Waals surface area contributed by atoms with E-state index in [0.717, 1.165) is 22.2 Å². The lowest BCUT2D eigenvalue weighted by molar-refractivity contribution is -0.136. The summed E-state index contributed by atoms with van der Waals surface area (Å²) in [6.45, 7) is 3.91. The van der Waals surface area contributed by atoms with Gasteiger partial charge in [-0.3, -0.25) is 9.36 Å². The number of hydrogen-bond donors (Lipinski definition) is 1. The lowest BCUT2D eigenvalue weighted by Crippen LogP contribution is -2.01. The van der Waals surface area contributed by atoms with Crippen LogP contribution in [0.5, 0.6) is 0 Å². The van der Waals surface area contributed by atoms with Gasteiger partial charge in [-0.2, -0.15) is 0 Å². The molecular formula is C13H15N3O2S. The van der Waals surface area contributed by atoms with Crippen molar-refractivity contribution in [2.75, 3.05) is 5.75 Å². The molecule has 0 spiro atoms. The van der Waals surface area contributed by atoms with Gasteiger partial charge in [0.2, 0.25) is 0 Å². The molecule has 2 rings (SSSR count). The molecule has 5 nitrogen and oxygen atoms in total. The van der Waals surface area contributed by atoms with Gasteiger partial charge in [-0.1, -0.05) is 23.9 Å². The maximum absolute atomic E-state index is 10.5. The standard InChI is InChI=1S/C13H15N3O2S/c1-9-4-3-5-11(8-9)16-10(2)14-15-13(16)19-7-6-12(17)18/h3-5,8H,6-7H2,1-2H3,(H,17,18). The number of benzene rings is 1. The Bertz CT molecular complexity index is 595. The Morgan fingerprint density at radius 1 is 1.37 bits per heavy atom. The van der Waals surface area contributed by atoms with E-state index in [1.165, 1.54) is 11.8 Å². The van der Waals surface area contributed by atoms with Crippen LogP contribution in [-0.2, 0) is 4.79 Å². The van der Waals surface area contributed by atoms with Crippen LogP contribution >= 0.6 is 11.8 Å². The third-order valence-corrected chi connectivity index (χ3v) is 3.53. The number of aryl methyl sites for hydroxylation is 2. The van der Waals surface area contributed by atoms with Gasteiger partial charge in [0.1, 0.15) is 5.82 Å². The Hall–Kier alpha value is -1.82. The van der Waals surface area contributed by atoms with Crippen LogP contribution in [-0.4, -0.2) is 31.6 Å². The van der Waals surface area contributed by atoms with Crippen molar-refractivity contribution >= 4 is 17.7 Å². The number of aromatic nitrogens is 3. The predicted octanol–water partition coefficient (Wildman–Crippen LogP) is 2.45. The molecule has 0 saturated heterocycles. The minimum atomic E-state index is -0.800. The maximum atomic E-state index is 10.5.